The molecule has 0 N–H and O–H groups in total. The summed E-state index contributed by atoms with van der Waals surface area (Å²) in [5.41, 5.74) is 0. The molecule has 0 aliphatic heterocycles. The minimum absolute atomic E-state index is 0.326. The summed E-state index contributed by atoms with van der Waals surface area (Å²) >= 11 is 0. The van der Waals surface area contributed by atoms with Crippen LogP contribution in [0.25, 0.3) is 0 Å². The second-order valence-electron chi connectivity index (χ2n) is 11.5. The van der Waals surface area contributed by atoms with Gasteiger partial charge in [-0.1, -0.05) is 184 Å². The van der Waals surface area contributed by atoms with E-state index >= 15 is 0 Å². The zero-order valence-corrected chi connectivity index (χ0v) is 30.3. The standard InChI is InChI=1S/C34H66O3S4/c1-38-40-31-27-23-19-15-11-7-3-5-9-13-17-21-25-29-33(35)37-34(36)30-26-22-18-14-10-6-4-8-12-16-20-24-28-32-41-39-2/h3-32H2,1-2H3. The summed E-state index contributed by atoms with van der Waals surface area (Å²) in [6, 6.07) is 0. The van der Waals surface area contributed by atoms with Crippen LogP contribution in [0.15, 0.2) is 0 Å². The van der Waals surface area contributed by atoms with Crippen LogP contribution in [-0.2, 0) is 14.3 Å². The van der Waals surface area contributed by atoms with Crippen molar-refractivity contribution in [1.82, 2.24) is 0 Å². The first-order chi connectivity index (χ1) is 20.2. The van der Waals surface area contributed by atoms with Crippen molar-refractivity contribution in [3.63, 3.8) is 0 Å². The van der Waals surface area contributed by atoms with E-state index < -0.39 is 0 Å². The quantitative estimate of drug-likeness (QED) is 0.0297. The average Bonchev–Trinajstić information content (AvgIpc) is 2.96. The van der Waals surface area contributed by atoms with E-state index in [0.717, 1.165) is 25.7 Å². The van der Waals surface area contributed by atoms with E-state index in [9.17, 15) is 9.59 Å². The van der Waals surface area contributed by atoms with Gasteiger partial charge in [-0.15, -0.1) is 0 Å². The minimum Gasteiger partial charge on any atom is -0.393 e. The van der Waals surface area contributed by atoms with E-state index in [0.29, 0.717) is 12.8 Å². The normalized spacial score (nSPS) is 11.3. The van der Waals surface area contributed by atoms with Crippen LogP contribution in [0.3, 0.4) is 0 Å². The number of unbranched alkanes of at least 4 members (excludes halogenated alkanes) is 24. The monoisotopic (exact) mass is 650 g/mol. The third-order valence-corrected chi connectivity index (χ3v) is 11.5. The van der Waals surface area contributed by atoms with Gasteiger partial charge in [-0.05, 0) is 38.2 Å². The van der Waals surface area contributed by atoms with Crippen LogP contribution in [0.1, 0.15) is 180 Å². The van der Waals surface area contributed by atoms with E-state index in [1.54, 1.807) is 0 Å². The van der Waals surface area contributed by atoms with Crippen molar-refractivity contribution in [3.8, 4) is 0 Å². The van der Waals surface area contributed by atoms with E-state index in [1.807, 2.05) is 43.2 Å². The van der Waals surface area contributed by atoms with Crippen molar-refractivity contribution < 1.29 is 14.3 Å². The fraction of sp³-hybridized carbons (Fsp3) is 0.941. The van der Waals surface area contributed by atoms with Gasteiger partial charge in [-0.2, -0.15) is 0 Å². The van der Waals surface area contributed by atoms with Gasteiger partial charge in [0.05, 0.1) is 0 Å². The number of hydrogen-bond donors (Lipinski definition) is 0. The molecule has 0 aromatic carbocycles. The molecule has 0 aliphatic rings. The Morgan fingerprint density at radius 3 is 0.829 bits per heavy atom. The largest absolute Gasteiger partial charge is 0.393 e. The molecular formula is C34H66O3S4. The molecule has 0 rings (SSSR count). The first kappa shape index (κ1) is 41.5. The Kier molecular flexibility index (Phi) is 37.2. The summed E-state index contributed by atoms with van der Waals surface area (Å²) in [5.74, 6) is 1.96. The summed E-state index contributed by atoms with van der Waals surface area (Å²) in [7, 11) is 7.73. The zero-order valence-electron chi connectivity index (χ0n) is 27.1. The highest BCUT2D eigenvalue weighted by Crippen LogP contribution is 2.20. The first-order valence-corrected chi connectivity index (χ1v) is 22.7. The van der Waals surface area contributed by atoms with Gasteiger partial charge in [-0.3, -0.25) is 9.59 Å². The third kappa shape index (κ3) is 36.6. The lowest BCUT2D eigenvalue weighted by Crippen LogP contribution is -2.11. The lowest BCUT2D eigenvalue weighted by atomic mass is 10.0. The number of carbonyl (C=O) groups is 2. The summed E-state index contributed by atoms with van der Waals surface area (Å²) in [6.07, 6.45) is 38.6. The number of esters is 2. The van der Waals surface area contributed by atoms with E-state index in [4.69, 9.17) is 4.74 Å². The molecule has 0 aromatic heterocycles. The molecule has 3 nitrogen and oxygen atoms in total. The van der Waals surface area contributed by atoms with Crippen LogP contribution in [0, 0.1) is 0 Å². The van der Waals surface area contributed by atoms with Crippen LogP contribution in [0.4, 0.5) is 0 Å². The van der Waals surface area contributed by atoms with Crippen molar-refractivity contribution in [2.75, 3.05) is 24.0 Å². The highest BCUT2D eigenvalue weighted by Gasteiger charge is 2.10. The number of carbonyl (C=O) groups excluding carboxylic acids is 2. The molecule has 0 aliphatic carbocycles. The van der Waals surface area contributed by atoms with E-state index in [1.165, 1.54) is 153 Å². The van der Waals surface area contributed by atoms with Crippen LogP contribution in [-0.4, -0.2) is 36.0 Å². The Bertz CT molecular complexity index is 502. The lowest BCUT2D eigenvalue weighted by Gasteiger charge is -2.05. The molecule has 0 atom stereocenters. The predicted molar refractivity (Wildman–Crippen MR) is 192 cm³/mol. The molecule has 0 saturated carbocycles. The fourth-order valence-corrected chi connectivity index (χ4v) is 7.83. The van der Waals surface area contributed by atoms with E-state index in [2.05, 4.69) is 12.5 Å². The molecule has 0 heterocycles. The molecule has 0 radical (unpaired) electrons. The molecule has 0 aromatic rings. The Morgan fingerprint density at radius 2 is 0.585 bits per heavy atom. The van der Waals surface area contributed by atoms with Gasteiger partial charge in [0.1, 0.15) is 0 Å². The summed E-state index contributed by atoms with van der Waals surface area (Å²) in [4.78, 5) is 23.9. The topological polar surface area (TPSA) is 43.4 Å². The average molecular weight is 651 g/mol. The summed E-state index contributed by atoms with van der Waals surface area (Å²) in [5, 5.41) is 0. The second kappa shape index (κ2) is 36.7. The molecule has 41 heavy (non-hydrogen) atoms. The maximum atomic E-state index is 11.9. The molecule has 0 spiro atoms. The molecule has 7 heteroatoms. The van der Waals surface area contributed by atoms with Crippen LogP contribution < -0.4 is 0 Å². The highest BCUT2D eigenvalue weighted by molar-refractivity contribution is 8.76. The van der Waals surface area contributed by atoms with Crippen molar-refractivity contribution in [3.05, 3.63) is 0 Å². The van der Waals surface area contributed by atoms with Crippen molar-refractivity contribution in [1.29, 1.82) is 0 Å². The van der Waals surface area contributed by atoms with E-state index in [-0.39, 0.29) is 11.9 Å². The van der Waals surface area contributed by atoms with Gasteiger partial charge in [-0.25, -0.2) is 0 Å². The minimum atomic E-state index is -0.326. The van der Waals surface area contributed by atoms with Crippen LogP contribution in [0.2, 0.25) is 0 Å². The van der Waals surface area contributed by atoms with Gasteiger partial charge in [0.15, 0.2) is 0 Å². The highest BCUT2D eigenvalue weighted by atomic mass is 33.1. The maximum absolute atomic E-state index is 11.9. The summed E-state index contributed by atoms with van der Waals surface area (Å²) in [6.45, 7) is 0. The van der Waals surface area contributed by atoms with Gasteiger partial charge >= 0.3 is 11.9 Å². The SMILES string of the molecule is CSSCCCCCCCCCCCCCCCC(=O)OC(=O)CCCCCCCCCCCCCCCSSC. The number of ether oxygens (including phenoxy) is 1. The number of hydrogen-bond acceptors (Lipinski definition) is 7. The molecule has 244 valence electrons. The Hall–Kier alpha value is 0.540. The maximum Gasteiger partial charge on any atom is 0.313 e. The Labute approximate surface area is 272 Å². The van der Waals surface area contributed by atoms with Gasteiger partial charge < -0.3 is 4.74 Å². The van der Waals surface area contributed by atoms with Crippen molar-refractivity contribution in [2.45, 2.75) is 180 Å². The molecule has 0 amide bonds. The molecular weight excluding hydrogens is 585 g/mol. The molecule has 0 unspecified atom stereocenters. The van der Waals surface area contributed by atoms with Crippen LogP contribution in [0.5, 0.6) is 0 Å². The second-order valence-corrected chi connectivity index (χ2v) is 16.9. The molecule has 0 fully saturated rings. The van der Waals surface area contributed by atoms with Crippen LogP contribution >= 0.6 is 43.2 Å². The first-order valence-electron chi connectivity index (χ1n) is 17.3. The lowest BCUT2D eigenvalue weighted by molar-refractivity contribution is -0.159. The Morgan fingerprint density at radius 1 is 0.366 bits per heavy atom. The Balaban J connectivity index is 3.27. The zero-order chi connectivity index (χ0) is 29.9. The third-order valence-electron chi connectivity index (χ3n) is 7.68. The molecule has 0 saturated heterocycles. The number of rotatable bonds is 34. The van der Waals surface area contributed by atoms with Gasteiger partial charge in [0, 0.05) is 24.3 Å². The predicted octanol–water partition coefficient (Wildman–Crippen LogP) is 13.0. The van der Waals surface area contributed by atoms with Crippen molar-refractivity contribution in [2.24, 2.45) is 0 Å². The van der Waals surface area contributed by atoms with Gasteiger partial charge in [0.2, 0.25) is 0 Å². The smallest absolute Gasteiger partial charge is 0.313 e. The van der Waals surface area contributed by atoms with Gasteiger partial charge in [0.25, 0.3) is 0 Å². The fourth-order valence-electron chi connectivity index (χ4n) is 5.15. The summed E-state index contributed by atoms with van der Waals surface area (Å²) < 4.78 is 5.02. The molecule has 0 bridgehead atoms. The van der Waals surface area contributed by atoms with Crippen molar-refractivity contribution >= 4 is 55.1 Å².